The van der Waals surface area contributed by atoms with E-state index in [0.717, 1.165) is 10.2 Å². The van der Waals surface area contributed by atoms with Crippen LogP contribution in [-0.2, 0) is 13.2 Å². The predicted molar refractivity (Wildman–Crippen MR) is 136 cm³/mol. The summed E-state index contributed by atoms with van der Waals surface area (Å²) < 4.78 is 14.5. The fraction of sp³-hybridized carbons (Fsp3) is 0.360. The number of nitrogens with zero attached hydrogens (tertiary/aromatic N) is 3. The molecule has 3 aromatic rings. The smallest absolute Gasteiger partial charge is 0.191 e. The second-order valence-electron chi connectivity index (χ2n) is 7.97. The first-order valence-corrected chi connectivity index (χ1v) is 12.6. The van der Waals surface area contributed by atoms with Crippen molar-refractivity contribution in [2.24, 2.45) is 0 Å². The van der Waals surface area contributed by atoms with E-state index in [2.05, 4.69) is 65.6 Å². The molecule has 0 amide bonds. The molecule has 6 nitrogen and oxygen atoms in total. The van der Waals surface area contributed by atoms with Crippen LogP contribution in [0.5, 0.6) is 11.5 Å². The zero-order valence-corrected chi connectivity index (χ0v) is 21.6. The maximum atomic E-state index is 10.4. The van der Waals surface area contributed by atoms with E-state index in [1.807, 2.05) is 34.9 Å². The van der Waals surface area contributed by atoms with Crippen molar-refractivity contribution < 1.29 is 14.6 Å². The van der Waals surface area contributed by atoms with E-state index in [-0.39, 0.29) is 6.61 Å². The minimum atomic E-state index is -0.655. The third-order valence-corrected chi connectivity index (χ3v) is 6.78. The van der Waals surface area contributed by atoms with Gasteiger partial charge in [0.2, 0.25) is 0 Å². The largest absolute Gasteiger partial charge is 0.490 e. The van der Waals surface area contributed by atoms with Crippen LogP contribution < -0.4 is 9.47 Å². The third kappa shape index (κ3) is 7.09. The fourth-order valence-corrected chi connectivity index (χ4v) is 4.62. The highest BCUT2D eigenvalue weighted by Crippen LogP contribution is 2.26. The van der Waals surface area contributed by atoms with E-state index in [1.54, 1.807) is 6.08 Å². The molecular weight excluding hydrogens is 502 g/mol. The van der Waals surface area contributed by atoms with Crippen molar-refractivity contribution in [1.82, 2.24) is 14.8 Å². The second kappa shape index (κ2) is 12.3. The lowest BCUT2D eigenvalue weighted by atomic mass is 9.98. The lowest BCUT2D eigenvalue weighted by Crippen LogP contribution is -2.20. The molecule has 33 heavy (non-hydrogen) atoms. The lowest BCUT2D eigenvalue weighted by Gasteiger charge is -2.14. The van der Waals surface area contributed by atoms with Gasteiger partial charge in [-0.25, -0.2) is 0 Å². The number of allylic oxidation sites excluding steroid dienone is 1. The number of aromatic nitrogens is 3. The molecule has 0 aliphatic carbocycles. The number of para-hydroxylation sites is 1. The summed E-state index contributed by atoms with van der Waals surface area (Å²) in [6, 6.07) is 13.7. The molecule has 1 atom stereocenters. The molecule has 0 saturated carbocycles. The van der Waals surface area contributed by atoms with Crippen molar-refractivity contribution >= 4 is 27.7 Å². The SMILES string of the molecule is C=CCn1c(COc2ccc(C(C)C)c(C)c2)nnc1SC[C@@H](O)COc1ccccc1Br. The fourth-order valence-electron chi connectivity index (χ4n) is 3.35. The van der Waals surface area contributed by atoms with Crippen LogP contribution in [0.25, 0.3) is 0 Å². The molecule has 0 bridgehead atoms. The molecule has 8 heteroatoms. The second-order valence-corrected chi connectivity index (χ2v) is 9.81. The molecule has 3 rings (SSSR count). The van der Waals surface area contributed by atoms with Crippen LogP contribution in [-0.4, -0.2) is 38.3 Å². The zero-order valence-electron chi connectivity index (χ0n) is 19.2. The predicted octanol–water partition coefficient (Wildman–Crippen LogP) is 5.77. The number of thioether (sulfide) groups is 1. The first kappa shape index (κ1) is 25.3. The summed E-state index contributed by atoms with van der Waals surface area (Å²) in [5.41, 5.74) is 2.53. The monoisotopic (exact) mass is 531 g/mol. The molecule has 1 heterocycles. The van der Waals surface area contributed by atoms with Crippen molar-refractivity contribution in [2.75, 3.05) is 12.4 Å². The third-order valence-electron chi connectivity index (χ3n) is 5.01. The number of aliphatic hydroxyl groups is 1. The van der Waals surface area contributed by atoms with Crippen molar-refractivity contribution in [1.29, 1.82) is 0 Å². The van der Waals surface area contributed by atoms with Gasteiger partial charge in [0.1, 0.15) is 24.7 Å². The highest BCUT2D eigenvalue weighted by Gasteiger charge is 2.15. The van der Waals surface area contributed by atoms with Gasteiger partial charge in [-0.2, -0.15) is 0 Å². The van der Waals surface area contributed by atoms with Gasteiger partial charge in [-0.05, 0) is 64.2 Å². The number of benzene rings is 2. The molecule has 1 aromatic heterocycles. The Balaban J connectivity index is 1.58. The summed E-state index contributed by atoms with van der Waals surface area (Å²) >= 11 is 4.87. The average Bonchev–Trinajstić information content (AvgIpc) is 3.17. The highest BCUT2D eigenvalue weighted by molar-refractivity contribution is 9.10. The Kier molecular flexibility index (Phi) is 9.41. The van der Waals surface area contributed by atoms with E-state index in [0.29, 0.717) is 41.6 Å². The van der Waals surface area contributed by atoms with Gasteiger partial charge in [0.05, 0.1) is 10.6 Å². The molecule has 2 aromatic carbocycles. The molecule has 0 aliphatic rings. The number of hydrogen-bond donors (Lipinski definition) is 1. The van der Waals surface area contributed by atoms with E-state index >= 15 is 0 Å². The minimum absolute atomic E-state index is 0.187. The summed E-state index contributed by atoms with van der Waals surface area (Å²) in [7, 11) is 0. The Morgan fingerprint density at radius 3 is 2.67 bits per heavy atom. The van der Waals surface area contributed by atoms with Crippen LogP contribution in [0, 0.1) is 6.92 Å². The first-order chi connectivity index (χ1) is 15.9. The summed E-state index contributed by atoms with van der Waals surface area (Å²) in [6.45, 7) is 11.4. The van der Waals surface area contributed by atoms with Gasteiger partial charge in [-0.3, -0.25) is 4.57 Å². The van der Waals surface area contributed by atoms with E-state index < -0.39 is 6.10 Å². The zero-order chi connectivity index (χ0) is 23.8. The minimum Gasteiger partial charge on any atom is -0.490 e. The number of aryl methyl sites for hydroxylation is 1. The van der Waals surface area contributed by atoms with Crippen LogP contribution in [0.2, 0.25) is 0 Å². The highest BCUT2D eigenvalue weighted by atomic mass is 79.9. The van der Waals surface area contributed by atoms with E-state index in [9.17, 15) is 5.11 Å². The summed E-state index contributed by atoms with van der Waals surface area (Å²) in [4.78, 5) is 0. The van der Waals surface area contributed by atoms with Gasteiger partial charge >= 0.3 is 0 Å². The standard InChI is InChI=1S/C25H30BrN3O3S/c1-5-12-29-24(15-31-20-10-11-21(17(2)3)18(4)13-20)27-28-25(29)33-16-19(30)14-32-23-9-7-6-8-22(23)26/h5-11,13,17,19,30H,1,12,14-16H2,2-4H3/t19-/m0/s1. The Morgan fingerprint density at radius 2 is 1.97 bits per heavy atom. The van der Waals surface area contributed by atoms with Crippen LogP contribution in [0.1, 0.15) is 36.7 Å². The van der Waals surface area contributed by atoms with E-state index in [1.165, 1.54) is 22.9 Å². The van der Waals surface area contributed by atoms with Gasteiger partial charge < -0.3 is 14.6 Å². The van der Waals surface area contributed by atoms with Gasteiger partial charge in [0, 0.05) is 12.3 Å². The number of aliphatic hydroxyl groups excluding tert-OH is 1. The van der Waals surface area contributed by atoms with Crippen LogP contribution in [0.15, 0.2) is 64.7 Å². The normalized spacial score (nSPS) is 12.1. The number of rotatable bonds is 12. The number of ether oxygens (including phenoxy) is 2. The number of hydrogen-bond acceptors (Lipinski definition) is 6. The Hall–Kier alpha value is -2.29. The van der Waals surface area contributed by atoms with Crippen molar-refractivity contribution in [3.63, 3.8) is 0 Å². The van der Waals surface area contributed by atoms with Gasteiger partial charge in [-0.1, -0.05) is 49.9 Å². The molecular formula is C25H30BrN3O3S. The summed E-state index contributed by atoms with van der Waals surface area (Å²) in [6.07, 6.45) is 1.14. The Bertz CT molecular complexity index is 1070. The molecule has 0 spiro atoms. The Morgan fingerprint density at radius 1 is 1.18 bits per heavy atom. The van der Waals surface area contributed by atoms with Crippen molar-refractivity contribution in [2.45, 2.75) is 51.1 Å². The maximum absolute atomic E-state index is 10.4. The van der Waals surface area contributed by atoms with Gasteiger partial charge in [-0.15, -0.1) is 16.8 Å². The van der Waals surface area contributed by atoms with Crippen molar-refractivity contribution in [3.05, 3.63) is 76.5 Å². The summed E-state index contributed by atoms with van der Waals surface area (Å²) in [5.74, 6) is 3.12. The van der Waals surface area contributed by atoms with Crippen LogP contribution in [0.3, 0.4) is 0 Å². The Labute approximate surface area is 208 Å². The lowest BCUT2D eigenvalue weighted by molar-refractivity contribution is 0.126. The molecule has 0 aliphatic heterocycles. The molecule has 0 saturated heterocycles. The number of halogens is 1. The molecule has 0 radical (unpaired) electrons. The molecule has 1 N–H and O–H groups in total. The van der Waals surface area contributed by atoms with Crippen LogP contribution in [0.4, 0.5) is 0 Å². The quantitative estimate of drug-likeness (QED) is 0.236. The molecule has 0 fully saturated rings. The average molecular weight is 533 g/mol. The molecule has 176 valence electrons. The topological polar surface area (TPSA) is 69.4 Å². The van der Waals surface area contributed by atoms with Crippen molar-refractivity contribution in [3.8, 4) is 11.5 Å². The maximum Gasteiger partial charge on any atom is 0.191 e. The van der Waals surface area contributed by atoms with E-state index in [4.69, 9.17) is 9.47 Å². The van der Waals surface area contributed by atoms with Gasteiger partial charge in [0.25, 0.3) is 0 Å². The van der Waals surface area contributed by atoms with Gasteiger partial charge in [0.15, 0.2) is 11.0 Å². The summed E-state index contributed by atoms with van der Waals surface area (Å²) in [5, 5.41) is 19.7. The van der Waals surface area contributed by atoms with Crippen LogP contribution >= 0.6 is 27.7 Å². The molecule has 0 unspecified atom stereocenters. The first-order valence-electron chi connectivity index (χ1n) is 10.8.